The highest BCUT2D eigenvalue weighted by Gasteiger charge is 2.19. The van der Waals surface area contributed by atoms with E-state index >= 15 is 0 Å². The van der Waals surface area contributed by atoms with E-state index in [1.54, 1.807) is 0 Å². The number of anilines is 1. The summed E-state index contributed by atoms with van der Waals surface area (Å²) in [7, 11) is 2.14. The number of hydrogen-bond acceptors (Lipinski definition) is 4. The zero-order chi connectivity index (χ0) is 13.7. The maximum absolute atomic E-state index is 5.42. The zero-order valence-electron chi connectivity index (χ0n) is 12.3. The van der Waals surface area contributed by atoms with Crippen molar-refractivity contribution in [3.63, 3.8) is 0 Å². The van der Waals surface area contributed by atoms with Gasteiger partial charge in [0.15, 0.2) is 0 Å². The van der Waals surface area contributed by atoms with Gasteiger partial charge < -0.3 is 15.0 Å². The van der Waals surface area contributed by atoms with Crippen LogP contribution >= 0.6 is 0 Å². The summed E-state index contributed by atoms with van der Waals surface area (Å²) in [6.07, 6.45) is 2.19. The number of nitrogens with one attached hydrogen (secondary N) is 1. The Bertz CT molecular complexity index is 402. The highest BCUT2D eigenvalue weighted by atomic mass is 16.5. The van der Waals surface area contributed by atoms with Crippen LogP contribution in [0.1, 0.15) is 31.0 Å². The van der Waals surface area contributed by atoms with Gasteiger partial charge in [-0.15, -0.1) is 0 Å². The van der Waals surface area contributed by atoms with Gasteiger partial charge in [0.25, 0.3) is 0 Å². The minimum absolute atomic E-state index is 0.556. The molecule has 0 bridgehead atoms. The number of rotatable bonds is 5. The molecule has 19 heavy (non-hydrogen) atoms. The number of aromatic nitrogens is 1. The summed E-state index contributed by atoms with van der Waals surface area (Å²) in [5.41, 5.74) is 2.41. The van der Waals surface area contributed by atoms with Crippen molar-refractivity contribution in [2.24, 2.45) is 0 Å². The fraction of sp³-hybridized carbons (Fsp3) is 0.667. The average molecular weight is 263 g/mol. The molecular formula is C15H25N3O. The van der Waals surface area contributed by atoms with E-state index < -0.39 is 0 Å². The lowest BCUT2D eigenvalue weighted by Crippen LogP contribution is -2.37. The average Bonchev–Trinajstić information content (AvgIpc) is 2.46. The molecule has 0 radical (unpaired) electrons. The van der Waals surface area contributed by atoms with Crippen LogP contribution < -0.4 is 10.2 Å². The van der Waals surface area contributed by atoms with Crippen molar-refractivity contribution >= 4 is 5.82 Å². The lowest BCUT2D eigenvalue weighted by atomic mass is 10.1. The summed E-state index contributed by atoms with van der Waals surface area (Å²) in [5, 5.41) is 3.35. The topological polar surface area (TPSA) is 37.4 Å². The van der Waals surface area contributed by atoms with Crippen LogP contribution in [0.5, 0.6) is 0 Å². The SMILES string of the molecule is CCNCc1ccc(N(C)C2CCOCC2)nc1C. The highest BCUT2D eigenvalue weighted by Crippen LogP contribution is 2.20. The molecule has 0 spiro atoms. The molecule has 0 aromatic carbocycles. The van der Waals surface area contributed by atoms with Gasteiger partial charge >= 0.3 is 0 Å². The van der Waals surface area contributed by atoms with Crippen molar-refractivity contribution in [3.05, 3.63) is 23.4 Å². The first kappa shape index (κ1) is 14.3. The van der Waals surface area contributed by atoms with Gasteiger partial charge in [-0.3, -0.25) is 0 Å². The third kappa shape index (κ3) is 3.67. The second kappa shape index (κ2) is 6.87. The fourth-order valence-electron chi connectivity index (χ4n) is 2.48. The van der Waals surface area contributed by atoms with Crippen LogP contribution in [0, 0.1) is 6.92 Å². The molecule has 0 atom stereocenters. The van der Waals surface area contributed by atoms with Gasteiger partial charge in [-0.2, -0.15) is 0 Å². The lowest BCUT2D eigenvalue weighted by molar-refractivity contribution is 0.0853. The molecule has 0 saturated carbocycles. The Balaban J connectivity index is 2.05. The summed E-state index contributed by atoms with van der Waals surface area (Å²) < 4.78 is 5.42. The minimum atomic E-state index is 0.556. The van der Waals surface area contributed by atoms with E-state index in [9.17, 15) is 0 Å². The lowest BCUT2D eigenvalue weighted by Gasteiger charge is -2.32. The van der Waals surface area contributed by atoms with Crippen LogP contribution in [-0.4, -0.2) is 37.8 Å². The van der Waals surface area contributed by atoms with Crippen LogP contribution in [0.15, 0.2) is 12.1 Å². The molecule has 1 aromatic heterocycles. The molecule has 1 aliphatic rings. The maximum atomic E-state index is 5.42. The van der Waals surface area contributed by atoms with Crippen molar-refractivity contribution < 1.29 is 4.74 Å². The third-order valence-electron chi connectivity index (χ3n) is 3.85. The first-order valence-corrected chi connectivity index (χ1v) is 7.20. The molecule has 1 aromatic rings. The number of pyridine rings is 1. The minimum Gasteiger partial charge on any atom is -0.381 e. The number of ether oxygens (including phenoxy) is 1. The molecule has 1 saturated heterocycles. The van der Waals surface area contributed by atoms with Crippen LogP contribution in [0.4, 0.5) is 5.82 Å². The van der Waals surface area contributed by atoms with Gasteiger partial charge in [-0.05, 0) is 37.9 Å². The predicted molar refractivity (Wildman–Crippen MR) is 78.6 cm³/mol. The van der Waals surface area contributed by atoms with E-state index in [0.29, 0.717) is 6.04 Å². The zero-order valence-corrected chi connectivity index (χ0v) is 12.3. The molecule has 4 nitrogen and oxygen atoms in total. The Morgan fingerprint density at radius 2 is 2.11 bits per heavy atom. The van der Waals surface area contributed by atoms with E-state index in [1.165, 1.54) is 5.56 Å². The normalized spacial score (nSPS) is 16.6. The standard InChI is InChI=1S/C15H25N3O/c1-4-16-11-13-5-6-15(17-12(13)2)18(3)14-7-9-19-10-8-14/h5-6,14,16H,4,7-11H2,1-3H3. The molecule has 1 fully saturated rings. The summed E-state index contributed by atoms with van der Waals surface area (Å²) in [6, 6.07) is 4.88. The monoisotopic (exact) mass is 263 g/mol. The van der Waals surface area contributed by atoms with E-state index in [0.717, 1.165) is 50.7 Å². The molecule has 2 rings (SSSR count). The van der Waals surface area contributed by atoms with Crippen molar-refractivity contribution in [2.45, 2.75) is 39.3 Å². The molecule has 4 heteroatoms. The molecule has 2 heterocycles. The van der Waals surface area contributed by atoms with Gasteiger partial charge in [0.1, 0.15) is 5.82 Å². The molecule has 1 N–H and O–H groups in total. The highest BCUT2D eigenvalue weighted by molar-refractivity contribution is 5.42. The van der Waals surface area contributed by atoms with Crippen LogP contribution in [0.25, 0.3) is 0 Å². The van der Waals surface area contributed by atoms with E-state index in [2.05, 4.69) is 43.2 Å². The number of hydrogen-bond donors (Lipinski definition) is 1. The van der Waals surface area contributed by atoms with E-state index in [-0.39, 0.29) is 0 Å². The van der Waals surface area contributed by atoms with Gasteiger partial charge in [0, 0.05) is 38.5 Å². The summed E-state index contributed by atoms with van der Waals surface area (Å²) >= 11 is 0. The Morgan fingerprint density at radius 1 is 1.37 bits per heavy atom. The van der Waals surface area contributed by atoms with Crippen LogP contribution in [0.3, 0.4) is 0 Å². The van der Waals surface area contributed by atoms with Gasteiger partial charge in [0.2, 0.25) is 0 Å². The Morgan fingerprint density at radius 3 is 2.74 bits per heavy atom. The summed E-state index contributed by atoms with van der Waals surface area (Å²) in [6.45, 7) is 7.84. The molecule has 0 unspecified atom stereocenters. The van der Waals surface area contributed by atoms with E-state index in [1.807, 2.05) is 0 Å². The largest absolute Gasteiger partial charge is 0.381 e. The Labute approximate surface area is 116 Å². The Hall–Kier alpha value is -1.13. The molecule has 0 aliphatic carbocycles. The van der Waals surface area contributed by atoms with E-state index in [4.69, 9.17) is 9.72 Å². The second-order valence-corrected chi connectivity index (χ2v) is 5.15. The molecular weight excluding hydrogens is 238 g/mol. The predicted octanol–water partition coefficient (Wildman–Crippen LogP) is 2.11. The van der Waals surface area contributed by atoms with Gasteiger partial charge in [-0.25, -0.2) is 4.98 Å². The number of aryl methyl sites for hydroxylation is 1. The molecule has 0 amide bonds. The molecule has 106 valence electrons. The van der Waals surface area contributed by atoms with Crippen molar-refractivity contribution in [1.82, 2.24) is 10.3 Å². The van der Waals surface area contributed by atoms with Crippen molar-refractivity contribution in [1.29, 1.82) is 0 Å². The number of nitrogens with zero attached hydrogens (tertiary/aromatic N) is 2. The first-order valence-electron chi connectivity index (χ1n) is 7.20. The first-order chi connectivity index (χ1) is 9.22. The smallest absolute Gasteiger partial charge is 0.128 e. The second-order valence-electron chi connectivity index (χ2n) is 5.15. The summed E-state index contributed by atoms with van der Waals surface area (Å²) in [4.78, 5) is 7.04. The quantitative estimate of drug-likeness (QED) is 0.883. The van der Waals surface area contributed by atoms with Gasteiger partial charge in [-0.1, -0.05) is 13.0 Å². The van der Waals surface area contributed by atoms with Crippen LogP contribution in [0.2, 0.25) is 0 Å². The van der Waals surface area contributed by atoms with Crippen molar-refractivity contribution in [3.8, 4) is 0 Å². The third-order valence-corrected chi connectivity index (χ3v) is 3.85. The fourth-order valence-corrected chi connectivity index (χ4v) is 2.48. The summed E-state index contributed by atoms with van der Waals surface area (Å²) in [5.74, 6) is 1.07. The van der Waals surface area contributed by atoms with Crippen molar-refractivity contribution in [2.75, 3.05) is 31.7 Å². The molecule has 1 aliphatic heterocycles. The maximum Gasteiger partial charge on any atom is 0.128 e. The van der Waals surface area contributed by atoms with Crippen LogP contribution in [-0.2, 0) is 11.3 Å². The Kier molecular flexibility index (Phi) is 5.16. The van der Waals surface area contributed by atoms with Gasteiger partial charge in [0.05, 0.1) is 0 Å².